The van der Waals surface area contributed by atoms with E-state index in [1.54, 1.807) is 5.41 Å². The van der Waals surface area contributed by atoms with Gasteiger partial charge in [0.25, 0.3) is 0 Å². The van der Waals surface area contributed by atoms with Gasteiger partial charge in [0.15, 0.2) is 0 Å². The molecule has 0 atom stereocenters. The smallest absolute Gasteiger partial charge is 0.323 e. The molecule has 0 unspecified atom stereocenters. The van der Waals surface area contributed by atoms with E-state index in [1.165, 1.54) is 40.9 Å². The number of carboxylic acids is 1. The molecular formula is C12H10FNO3S. The van der Waals surface area contributed by atoms with Gasteiger partial charge in [-0.15, -0.1) is 11.8 Å². The topological polar surface area (TPSA) is 57.6 Å². The third kappa shape index (κ3) is 2.70. The van der Waals surface area contributed by atoms with Gasteiger partial charge in [-0.25, -0.2) is 4.39 Å². The normalized spacial score (nSPS) is 15.5. The molecule has 6 heteroatoms. The second kappa shape index (κ2) is 5.22. The van der Waals surface area contributed by atoms with Gasteiger partial charge in [0, 0.05) is 0 Å². The molecule has 1 aromatic carbocycles. The van der Waals surface area contributed by atoms with Gasteiger partial charge >= 0.3 is 5.97 Å². The molecule has 0 bridgehead atoms. The van der Waals surface area contributed by atoms with Gasteiger partial charge in [-0.05, 0) is 35.2 Å². The molecule has 1 aliphatic heterocycles. The summed E-state index contributed by atoms with van der Waals surface area (Å²) in [6.45, 7) is -0.386. The van der Waals surface area contributed by atoms with Gasteiger partial charge < -0.3 is 5.11 Å². The van der Waals surface area contributed by atoms with Gasteiger partial charge in [0.2, 0.25) is 5.91 Å². The lowest BCUT2D eigenvalue weighted by Crippen LogP contribution is -2.37. The summed E-state index contributed by atoms with van der Waals surface area (Å²) < 4.78 is 12.8. The van der Waals surface area contributed by atoms with Gasteiger partial charge in [-0.1, -0.05) is 0 Å². The van der Waals surface area contributed by atoms with E-state index < -0.39 is 5.97 Å². The SMILES string of the molecule is O=C(O)CN1C(=O)CSC=C1c1ccc(F)cc1. The van der Waals surface area contributed by atoms with Crippen LogP contribution >= 0.6 is 11.8 Å². The first-order valence-corrected chi connectivity index (χ1v) is 6.22. The molecule has 2 rings (SSSR count). The highest BCUT2D eigenvalue weighted by Gasteiger charge is 2.25. The first kappa shape index (κ1) is 12.6. The van der Waals surface area contributed by atoms with Gasteiger partial charge in [0.05, 0.1) is 11.4 Å². The van der Waals surface area contributed by atoms with Crippen molar-refractivity contribution < 1.29 is 19.1 Å². The molecule has 0 spiro atoms. The molecule has 1 amide bonds. The molecule has 94 valence electrons. The summed E-state index contributed by atoms with van der Waals surface area (Å²) in [4.78, 5) is 23.7. The summed E-state index contributed by atoms with van der Waals surface area (Å²) in [6, 6.07) is 5.60. The lowest BCUT2D eigenvalue weighted by Gasteiger charge is -2.27. The summed E-state index contributed by atoms with van der Waals surface area (Å²) >= 11 is 1.30. The maximum atomic E-state index is 12.8. The number of benzene rings is 1. The number of carbonyl (C=O) groups is 2. The fraction of sp³-hybridized carbons (Fsp3) is 0.167. The van der Waals surface area contributed by atoms with Crippen LogP contribution < -0.4 is 0 Å². The molecule has 18 heavy (non-hydrogen) atoms. The standard InChI is InChI=1S/C12H10FNO3S/c13-9-3-1-8(2-4-9)10-6-18-7-11(15)14(10)5-12(16)17/h1-4,6H,5,7H2,(H,16,17). The van der Waals surface area contributed by atoms with Crippen LogP contribution in [0.2, 0.25) is 0 Å². The van der Waals surface area contributed by atoms with E-state index in [0.717, 1.165) is 0 Å². The van der Waals surface area contributed by atoms with E-state index in [4.69, 9.17) is 5.11 Å². The largest absolute Gasteiger partial charge is 0.480 e. The number of nitrogens with zero attached hydrogens (tertiary/aromatic N) is 1. The highest BCUT2D eigenvalue weighted by molar-refractivity contribution is 8.03. The van der Waals surface area contributed by atoms with Gasteiger partial charge in [0.1, 0.15) is 12.4 Å². The second-order valence-corrected chi connectivity index (χ2v) is 4.55. The number of rotatable bonds is 3. The van der Waals surface area contributed by atoms with Crippen LogP contribution in [0.1, 0.15) is 5.56 Å². The first-order chi connectivity index (χ1) is 8.58. The molecule has 0 aromatic heterocycles. The van der Waals surface area contributed by atoms with Crippen LogP contribution in [-0.2, 0) is 9.59 Å². The van der Waals surface area contributed by atoms with E-state index in [9.17, 15) is 14.0 Å². The molecular weight excluding hydrogens is 257 g/mol. The van der Waals surface area contributed by atoms with Crippen molar-refractivity contribution in [2.24, 2.45) is 0 Å². The Morgan fingerprint density at radius 3 is 2.67 bits per heavy atom. The zero-order chi connectivity index (χ0) is 13.1. The summed E-state index contributed by atoms with van der Waals surface area (Å²) in [6.07, 6.45) is 0. The van der Waals surface area contributed by atoms with E-state index in [1.807, 2.05) is 0 Å². The number of hydrogen-bond acceptors (Lipinski definition) is 3. The van der Waals surface area contributed by atoms with Gasteiger partial charge in [-0.3, -0.25) is 14.5 Å². The summed E-state index contributed by atoms with van der Waals surface area (Å²) in [5.74, 6) is -1.50. The Labute approximate surface area is 107 Å². The fourth-order valence-electron chi connectivity index (χ4n) is 1.62. The highest BCUT2D eigenvalue weighted by Crippen LogP contribution is 2.28. The Bertz CT molecular complexity index is 513. The molecule has 4 nitrogen and oxygen atoms in total. The van der Waals surface area contributed by atoms with Crippen LogP contribution in [0.25, 0.3) is 5.70 Å². The monoisotopic (exact) mass is 267 g/mol. The van der Waals surface area contributed by atoms with Crippen molar-refractivity contribution in [2.75, 3.05) is 12.3 Å². The average molecular weight is 267 g/mol. The van der Waals surface area contributed by atoms with Gasteiger partial charge in [-0.2, -0.15) is 0 Å². The maximum Gasteiger partial charge on any atom is 0.323 e. The van der Waals surface area contributed by atoms with Crippen LogP contribution in [0.15, 0.2) is 29.7 Å². The fourth-order valence-corrected chi connectivity index (χ4v) is 2.42. The molecule has 0 radical (unpaired) electrons. The Morgan fingerprint density at radius 1 is 1.39 bits per heavy atom. The minimum Gasteiger partial charge on any atom is -0.480 e. The van der Waals surface area contributed by atoms with Crippen molar-refractivity contribution in [3.05, 3.63) is 41.1 Å². The number of halogens is 1. The van der Waals surface area contributed by atoms with Crippen molar-refractivity contribution in [3.63, 3.8) is 0 Å². The molecule has 1 N–H and O–H groups in total. The van der Waals surface area contributed by atoms with Crippen LogP contribution in [0.5, 0.6) is 0 Å². The molecule has 1 aliphatic rings. The maximum absolute atomic E-state index is 12.8. The Kier molecular flexibility index (Phi) is 3.66. The number of carboxylic acid groups (broad SMARTS) is 1. The number of amides is 1. The van der Waals surface area contributed by atoms with E-state index in [2.05, 4.69) is 0 Å². The zero-order valence-corrected chi connectivity index (χ0v) is 10.1. The predicted octanol–water partition coefficient (Wildman–Crippen LogP) is 1.78. The van der Waals surface area contributed by atoms with Crippen LogP contribution in [0.3, 0.4) is 0 Å². The van der Waals surface area contributed by atoms with Crippen LogP contribution in [0, 0.1) is 5.82 Å². The summed E-state index contributed by atoms with van der Waals surface area (Å²) in [7, 11) is 0. The number of aliphatic carboxylic acids is 1. The van der Waals surface area contributed by atoms with Crippen molar-refractivity contribution in [1.29, 1.82) is 0 Å². The minimum atomic E-state index is -1.08. The third-order valence-electron chi connectivity index (χ3n) is 2.43. The Balaban J connectivity index is 2.33. The molecule has 0 fully saturated rings. The lowest BCUT2D eigenvalue weighted by atomic mass is 10.1. The van der Waals surface area contributed by atoms with E-state index in [0.29, 0.717) is 11.3 Å². The lowest BCUT2D eigenvalue weighted by molar-refractivity contribution is -0.141. The van der Waals surface area contributed by atoms with Crippen LogP contribution in [0.4, 0.5) is 4.39 Å². The van der Waals surface area contributed by atoms with Crippen molar-refractivity contribution >= 4 is 29.3 Å². The number of hydrogen-bond donors (Lipinski definition) is 1. The van der Waals surface area contributed by atoms with Crippen LogP contribution in [-0.4, -0.2) is 34.2 Å². The third-order valence-corrected chi connectivity index (χ3v) is 3.23. The molecule has 0 saturated carbocycles. The number of thioether (sulfide) groups is 1. The zero-order valence-electron chi connectivity index (χ0n) is 9.30. The Morgan fingerprint density at radius 2 is 2.06 bits per heavy atom. The van der Waals surface area contributed by atoms with E-state index in [-0.39, 0.29) is 24.0 Å². The van der Waals surface area contributed by atoms with Crippen molar-refractivity contribution in [2.45, 2.75) is 0 Å². The minimum absolute atomic E-state index is 0.220. The first-order valence-electron chi connectivity index (χ1n) is 5.18. The van der Waals surface area contributed by atoms with Crippen molar-refractivity contribution in [1.82, 2.24) is 4.90 Å². The molecule has 0 saturated heterocycles. The summed E-state index contributed by atoms with van der Waals surface area (Å²) in [5.41, 5.74) is 1.12. The van der Waals surface area contributed by atoms with E-state index >= 15 is 0 Å². The average Bonchev–Trinajstić information content (AvgIpc) is 2.32. The molecule has 1 aromatic rings. The highest BCUT2D eigenvalue weighted by atomic mass is 32.2. The van der Waals surface area contributed by atoms with Crippen molar-refractivity contribution in [3.8, 4) is 0 Å². The quantitative estimate of drug-likeness (QED) is 0.907. The Hall–Kier alpha value is -1.82. The predicted molar refractivity (Wildman–Crippen MR) is 66.2 cm³/mol. The second-order valence-electron chi connectivity index (χ2n) is 3.69. The number of carbonyl (C=O) groups excluding carboxylic acids is 1. The molecule has 1 heterocycles. The molecule has 0 aliphatic carbocycles. The summed E-state index contributed by atoms with van der Waals surface area (Å²) in [5, 5.41) is 10.5.